The minimum atomic E-state index is -0.538. The Bertz CT molecular complexity index is 460. The van der Waals surface area contributed by atoms with Crippen LogP contribution >= 0.6 is 0 Å². The van der Waals surface area contributed by atoms with Crippen LogP contribution in [0.2, 0.25) is 0 Å². The molecular formula is C17H29NO4. The van der Waals surface area contributed by atoms with Crippen molar-refractivity contribution in [1.82, 2.24) is 4.90 Å². The molecule has 1 heterocycles. The van der Waals surface area contributed by atoms with E-state index in [2.05, 4.69) is 0 Å². The Balaban J connectivity index is 2.15. The first kappa shape index (κ1) is 17.1. The first-order valence-corrected chi connectivity index (χ1v) is 8.18. The van der Waals surface area contributed by atoms with Gasteiger partial charge in [0.25, 0.3) is 0 Å². The molecular weight excluding hydrogens is 282 g/mol. The maximum absolute atomic E-state index is 12.7. The summed E-state index contributed by atoms with van der Waals surface area (Å²) in [4.78, 5) is 26.9. The van der Waals surface area contributed by atoms with E-state index in [9.17, 15) is 9.59 Å². The van der Waals surface area contributed by atoms with E-state index in [0.29, 0.717) is 13.0 Å². The second-order valence-electron chi connectivity index (χ2n) is 8.49. The van der Waals surface area contributed by atoms with Crippen molar-refractivity contribution in [2.75, 3.05) is 6.54 Å². The fraction of sp³-hybridized carbons (Fsp3) is 0.882. The number of esters is 1. The van der Waals surface area contributed by atoms with Gasteiger partial charge in [-0.25, -0.2) is 4.79 Å². The van der Waals surface area contributed by atoms with E-state index in [1.807, 2.05) is 41.5 Å². The number of ether oxygens (including phenoxy) is 2. The molecule has 2 rings (SSSR count). The molecule has 1 aliphatic carbocycles. The first-order valence-electron chi connectivity index (χ1n) is 8.18. The fourth-order valence-corrected chi connectivity index (χ4v) is 3.53. The van der Waals surface area contributed by atoms with E-state index in [4.69, 9.17) is 9.47 Å². The zero-order valence-corrected chi connectivity index (χ0v) is 14.7. The number of fused-ring (bicyclic) bond motifs is 1. The third-order valence-corrected chi connectivity index (χ3v) is 4.35. The van der Waals surface area contributed by atoms with E-state index < -0.39 is 16.6 Å². The Kier molecular flexibility index (Phi) is 4.22. The Morgan fingerprint density at radius 3 is 2.14 bits per heavy atom. The van der Waals surface area contributed by atoms with Crippen molar-refractivity contribution in [2.24, 2.45) is 5.41 Å². The number of nitrogens with zero attached hydrogens (tertiary/aromatic N) is 1. The van der Waals surface area contributed by atoms with Crippen molar-refractivity contribution in [3.63, 3.8) is 0 Å². The average molecular weight is 311 g/mol. The lowest BCUT2D eigenvalue weighted by molar-refractivity contribution is -0.168. The van der Waals surface area contributed by atoms with E-state index in [1.54, 1.807) is 4.90 Å². The van der Waals surface area contributed by atoms with Crippen LogP contribution < -0.4 is 0 Å². The summed E-state index contributed by atoms with van der Waals surface area (Å²) < 4.78 is 11.1. The van der Waals surface area contributed by atoms with Gasteiger partial charge in [0.05, 0.1) is 11.5 Å². The van der Waals surface area contributed by atoms with Crippen LogP contribution in [0.15, 0.2) is 0 Å². The van der Waals surface area contributed by atoms with Gasteiger partial charge in [0, 0.05) is 6.54 Å². The zero-order valence-electron chi connectivity index (χ0n) is 14.7. The topological polar surface area (TPSA) is 55.8 Å². The quantitative estimate of drug-likeness (QED) is 0.695. The van der Waals surface area contributed by atoms with Gasteiger partial charge in [0.15, 0.2) is 0 Å². The summed E-state index contributed by atoms with van der Waals surface area (Å²) in [6.45, 7) is 11.8. The SMILES string of the molecule is CC(C)(C)OC(=O)N1CC[C@@]2(C(=O)OC(C)(C)C)CCC[C@@H]12. The van der Waals surface area contributed by atoms with Crippen LogP contribution in [0.3, 0.4) is 0 Å². The molecule has 1 saturated heterocycles. The molecule has 0 aromatic heterocycles. The number of hydrogen-bond acceptors (Lipinski definition) is 4. The summed E-state index contributed by atoms with van der Waals surface area (Å²) in [5, 5.41) is 0. The summed E-state index contributed by atoms with van der Waals surface area (Å²) >= 11 is 0. The molecule has 0 aromatic rings. The standard InChI is InChI=1S/C17H29NO4/c1-15(2,3)21-13(19)17-9-7-8-12(17)18(11-10-17)14(20)22-16(4,5)6/h12H,7-11H2,1-6H3/t12-,17+/m1/s1. The maximum Gasteiger partial charge on any atom is 0.410 e. The molecule has 1 aliphatic heterocycles. The van der Waals surface area contributed by atoms with Crippen molar-refractivity contribution >= 4 is 12.1 Å². The van der Waals surface area contributed by atoms with Crippen LogP contribution in [0.4, 0.5) is 4.79 Å². The van der Waals surface area contributed by atoms with Crippen molar-refractivity contribution in [3.8, 4) is 0 Å². The number of likely N-dealkylation sites (tertiary alicyclic amines) is 1. The summed E-state index contributed by atoms with van der Waals surface area (Å²) in [5.74, 6) is -0.159. The number of carbonyl (C=O) groups is 2. The van der Waals surface area contributed by atoms with Gasteiger partial charge < -0.3 is 14.4 Å². The van der Waals surface area contributed by atoms with E-state index in [-0.39, 0.29) is 18.1 Å². The van der Waals surface area contributed by atoms with Crippen LogP contribution in [0, 0.1) is 5.41 Å². The summed E-state index contributed by atoms with van der Waals surface area (Å²) in [5.41, 5.74) is -1.56. The van der Waals surface area contributed by atoms with Crippen LogP contribution in [0.25, 0.3) is 0 Å². The van der Waals surface area contributed by atoms with Crippen molar-refractivity contribution in [1.29, 1.82) is 0 Å². The molecule has 1 saturated carbocycles. The van der Waals surface area contributed by atoms with E-state index in [1.165, 1.54) is 0 Å². The second-order valence-corrected chi connectivity index (χ2v) is 8.49. The Labute approximate surface area is 133 Å². The number of rotatable bonds is 1. The summed E-state index contributed by atoms with van der Waals surface area (Å²) in [6, 6.07) is -0.0859. The Hall–Kier alpha value is -1.26. The summed E-state index contributed by atoms with van der Waals surface area (Å²) in [6.07, 6.45) is 2.95. The highest BCUT2D eigenvalue weighted by atomic mass is 16.6. The molecule has 5 nitrogen and oxygen atoms in total. The molecule has 2 fully saturated rings. The molecule has 0 spiro atoms. The van der Waals surface area contributed by atoms with Crippen molar-refractivity contribution in [3.05, 3.63) is 0 Å². The predicted octanol–water partition coefficient (Wildman–Crippen LogP) is 3.51. The van der Waals surface area contributed by atoms with Gasteiger partial charge in [0.1, 0.15) is 11.2 Å². The molecule has 0 aromatic carbocycles. The maximum atomic E-state index is 12.7. The molecule has 2 atom stereocenters. The molecule has 1 amide bonds. The molecule has 2 aliphatic rings. The van der Waals surface area contributed by atoms with Crippen LogP contribution in [0.1, 0.15) is 67.2 Å². The molecule has 5 heteroatoms. The molecule has 0 unspecified atom stereocenters. The third kappa shape index (κ3) is 3.39. The highest BCUT2D eigenvalue weighted by Crippen LogP contribution is 2.50. The lowest BCUT2D eigenvalue weighted by atomic mass is 9.82. The molecule has 0 radical (unpaired) electrons. The lowest BCUT2D eigenvalue weighted by Crippen LogP contribution is -2.46. The number of hydrogen-bond donors (Lipinski definition) is 0. The van der Waals surface area contributed by atoms with Crippen molar-refractivity contribution < 1.29 is 19.1 Å². The summed E-state index contributed by atoms with van der Waals surface area (Å²) in [7, 11) is 0. The van der Waals surface area contributed by atoms with Gasteiger partial charge >= 0.3 is 12.1 Å². The van der Waals surface area contributed by atoms with Gasteiger partial charge in [-0.1, -0.05) is 6.42 Å². The predicted molar refractivity (Wildman–Crippen MR) is 83.5 cm³/mol. The first-order chi connectivity index (χ1) is 9.95. The Morgan fingerprint density at radius 1 is 1.00 bits per heavy atom. The van der Waals surface area contributed by atoms with Crippen LogP contribution in [0.5, 0.6) is 0 Å². The average Bonchev–Trinajstić information content (AvgIpc) is 2.81. The minimum Gasteiger partial charge on any atom is -0.459 e. The fourth-order valence-electron chi connectivity index (χ4n) is 3.53. The second kappa shape index (κ2) is 5.43. The van der Waals surface area contributed by atoms with Gasteiger partial charge in [0.2, 0.25) is 0 Å². The largest absolute Gasteiger partial charge is 0.459 e. The highest BCUT2D eigenvalue weighted by Gasteiger charge is 2.58. The number of carbonyl (C=O) groups excluding carboxylic acids is 2. The molecule has 0 bridgehead atoms. The van der Waals surface area contributed by atoms with Gasteiger partial charge in [-0.3, -0.25) is 4.79 Å². The minimum absolute atomic E-state index is 0.0859. The molecule has 22 heavy (non-hydrogen) atoms. The molecule has 126 valence electrons. The van der Waals surface area contributed by atoms with E-state index in [0.717, 1.165) is 19.3 Å². The van der Waals surface area contributed by atoms with Gasteiger partial charge in [-0.15, -0.1) is 0 Å². The van der Waals surface area contributed by atoms with Gasteiger partial charge in [-0.05, 0) is 60.8 Å². The van der Waals surface area contributed by atoms with Crippen LogP contribution in [-0.2, 0) is 14.3 Å². The van der Waals surface area contributed by atoms with Gasteiger partial charge in [-0.2, -0.15) is 0 Å². The Morgan fingerprint density at radius 2 is 1.59 bits per heavy atom. The smallest absolute Gasteiger partial charge is 0.410 e. The third-order valence-electron chi connectivity index (χ3n) is 4.35. The number of amides is 1. The normalized spacial score (nSPS) is 28.5. The van der Waals surface area contributed by atoms with Crippen LogP contribution in [-0.4, -0.2) is 40.8 Å². The zero-order chi connectivity index (χ0) is 16.8. The van der Waals surface area contributed by atoms with E-state index >= 15 is 0 Å². The monoisotopic (exact) mass is 311 g/mol. The van der Waals surface area contributed by atoms with Crippen molar-refractivity contribution in [2.45, 2.75) is 84.5 Å². The highest BCUT2D eigenvalue weighted by molar-refractivity contribution is 5.81. The molecule has 0 N–H and O–H groups in total. The lowest BCUT2D eigenvalue weighted by Gasteiger charge is -2.33.